The van der Waals surface area contributed by atoms with Crippen LogP contribution in [0.3, 0.4) is 0 Å². The molecule has 11 heteroatoms. The lowest BCUT2D eigenvalue weighted by Crippen LogP contribution is -2.07. The molecule has 6 nitrogen and oxygen atoms in total. The summed E-state index contributed by atoms with van der Waals surface area (Å²) in [6.07, 6.45) is -3.15. The van der Waals surface area contributed by atoms with Crippen molar-refractivity contribution in [3.8, 4) is 0 Å². The van der Waals surface area contributed by atoms with Gasteiger partial charge in [0.2, 0.25) is 0 Å². The Balaban J connectivity index is 3.66. The highest BCUT2D eigenvalue weighted by Gasteiger charge is 2.32. The molecule has 1 rings (SSSR count). The summed E-state index contributed by atoms with van der Waals surface area (Å²) in [6.45, 7) is 0. The lowest BCUT2D eigenvalue weighted by atomic mass is 10.3. The van der Waals surface area contributed by atoms with Crippen LogP contribution in [0.1, 0.15) is 12.0 Å². The number of halogens is 4. The van der Waals surface area contributed by atoms with E-state index in [0.29, 0.717) is 6.07 Å². The summed E-state index contributed by atoms with van der Waals surface area (Å²) in [6, 6.07) is 0.672. The minimum Gasteiger partial charge on any atom is -0.358 e. The summed E-state index contributed by atoms with van der Waals surface area (Å²) < 4.78 is 46.8. The molecule has 0 aliphatic rings. The Labute approximate surface area is 112 Å². The van der Waals surface area contributed by atoms with E-state index in [1.54, 1.807) is 0 Å². The number of aromatic nitrogens is 1. The van der Waals surface area contributed by atoms with E-state index in [1.165, 1.54) is 22.6 Å². The zero-order chi connectivity index (χ0) is 13.4. The molecule has 1 heterocycles. The summed E-state index contributed by atoms with van der Waals surface area (Å²) in [5.41, 5.74) is -0.963. The fourth-order valence-electron chi connectivity index (χ4n) is 0.957. The van der Waals surface area contributed by atoms with Gasteiger partial charge in [0.15, 0.2) is 0 Å². The smallest absolute Gasteiger partial charge is 0.358 e. The third kappa shape index (κ3) is 3.19. The van der Waals surface area contributed by atoms with Crippen LogP contribution in [0.4, 0.5) is 14.6 Å². The van der Waals surface area contributed by atoms with Gasteiger partial charge in [-0.3, -0.25) is 0 Å². The molecule has 0 radical (unpaired) electrons. The maximum absolute atomic E-state index is 12.5. The normalized spacial score (nSPS) is 11.8. The van der Waals surface area contributed by atoms with Crippen molar-refractivity contribution in [1.29, 1.82) is 0 Å². The van der Waals surface area contributed by atoms with Gasteiger partial charge in [-0.2, -0.15) is 0 Å². The van der Waals surface area contributed by atoms with Crippen molar-refractivity contribution in [2.45, 2.75) is 11.5 Å². The molecule has 17 heavy (non-hydrogen) atoms. The van der Waals surface area contributed by atoms with Crippen LogP contribution in [0.15, 0.2) is 11.1 Å². The standard InChI is InChI=1S/C6H2ClF2IN2O4S/c7-17(15,16)6-2(4(8)9)1-3(10)5(11-6)12(13)14/h1,4H. The first kappa shape index (κ1) is 14.4. The average Bonchev–Trinajstić information content (AvgIpc) is 2.14. The van der Waals surface area contributed by atoms with Crippen molar-refractivity contribution in [3.63, 3.8) is 0 Å². The Morgan fingerprint density at radius 3 is 2.41 bits per heavy atom. The molecule has 0 amide bonds. The Morgan fingerprint density at radius 2 is 2.06 bits per heavy atom. The molecule has 0 atom stereocenters. The van der Waals surface area contributed by atoms with Crippen LogP contribution in [0.5, 0.6) is 0 Å². The minimum atomic E-state index is -4.58. The highest BCUT2D eigenvalue weighted by Crippen LogP contribution is 2.32. The van der Waals surface area contributed by atoms with Gasteiger partial charge in [0.05, 0.1) is 5.56 Å². The van der Waals surface area contributed by atoms with E-state index in [1.807, 2.05) is 0 Å². The number of nitrogens with zero attached hydrogens (tertiary/aromatic N) is 2. The molecule has 0 aromatic carbocycles. The third-order valence-corrected chi connectivity index (χ3v) is 3.61. The summed E-state index contributed by atoms with van der Waals surface area (Å²) in [4.78, 5) is 12.6. The number of nitro groups is 1. The lowest BCUT2D eigenvalue weighted by molar-refractivity contribution is -0.391. The topological polar surface area (TPSA) is 90.2 Å². The fraction of sp³-hybridized carbons (Fsp3) is 0.167. The molecule has 0 saturated carbocycles. The molecule has 0 unspecified atom stereocenters. The first-order valence-electron chi connectivity index (χ1n) is 3.72. The molecule has 0 fully saturated rings. The van der Waals surface area contributed by atoms with Gasteiger partial charge in [-0.25, -0.2) is 17.2 Å². The van der Waals surface area contributed by atoms with Gasteiger partial charge in [-0.1, -0.05) is 0 Å². The predicted octanol–water partition coefficient (Wildman–Crippen LogP) is 2.46. The van der Waals surface area contributed by atoms with Crippen LogP contribution in [0.2, 0.25) is 0 Å². The molecular weight excluding hydrogens is 396 g/mol. The predicted molar refractivity (Wildman–Crippen MR) is 61.6 cm³/mol. The van der Waals surface area contributed by atoms with Gasteiger partial charge >= 0.3 is 14.9 Å². The van der Waals surface area contributed by atoms with Gasteiger partial charge in [0.25, 0.3) is 11.5 Å². The number of hydrogen-bond acceptors (Lipinski definition) is 5. The zero-order valence-corrected chi connectivity index (χ0v) is 11.3. The Kier molecular flexibility index (Phi) is 4.19. The number of alkyl halides is 2. The van der Waals surface area contributed by atoms with E-state index in [4.69, 9.17) is 10.7 Å². The molecule has 1 aromatic rings. The van der Waals surface area contributed by atoms with Crippen molar-refractivity contribution in [1.82, 2.24) is 4.98 Å². The molecule has 0 saturated heterocycles. The maximum atomic E-state index is 12.5. The van der Waals surface area contributed by atoms with Crippen molar-refractivity contribution in [2.75, 3.05) is 0 Å². The molecule has 94 valence electrons. The van der Waals surface area contributed by atoms with E-state index < -0.39 is 36.8 Å². The third-order valence-electron chi connectivity index (χ3n) is 1.59. The van der Waals surface area contributed by atoms with Crippen molar-refractivity contribution in [3.05, 3.63) is 25.3 Å². The lowest BCUT2D eigenvalue weighted by Gasteiger charge is -2.03. The summed E-state index contributed by atoms with van der Waals surface area (Å²) in [7, 11) is 0.310. The van der Waals surface area contributed by atoms with Gasteiger partial charge in [-0.05, 0) is 38.6 Å². The maximum Gasteiger partial charge on any atom is 0.378 e. The van der Waals surface area contributed by atoms with Crippen LogP contribution in [-0.4, -0.2) is 18.3 Å². The van der Waals surface area contributed by atoms with E-state index in [-0.39, 0.29) is 3.57 Å². The quantitative estimate of drug-likeness (QED) is 0.338. The van der Waals surface area contributed by atoms with Crippen LogP contribution < -0.4 is 0 Å². The Morgan fingerprint density at radius 1 is 1.53 bits per heavy atom. The summed E-state index contributed by atoms with van der Waals surface area (Å²) in [5.74, 6) is -0.839. The van der Waals surface area contributed by atoms with Crippen LogP contribution >= 0.6 is 33.3 Å². The number of pyridine rings is 1. The fourth-order valence-corrected chi connectivity index (χ4v) is 2.61. The average molecular weight is 399 g/mol. The SMILES string of the molecule is O=[N+]([O-])c1nc(S(=O)(=O)Cl)c(C(F)F)cc1I. The van der Waals surface area contributed by atoms with Crippen molar-refractivity contribution >= 4 is 48.1 Å². The molecule has 0 spiro atoms. The van der Waals surface area contributed by atoms with E-state index in [9.17, 15) is 27.3 Å². The van der Waals surface area contributed by atoms with Crippen LogP contribution in [-0.2, 0) is 9.05 Å². The minimum absolute atomic E-state index is 0.202. The monoisotopic (exact) mass is 398 g/mol. The molecular formula is C6H2ClF2IN2O4S. The van der Waals surface area contributed by atoms with E-state index >= 15 is 0 Å². The van der Waals surface area contributed by atoms with Crippen molar-refractivity contribution in [2.24, 2.45) is 0 Å². The zero-order valence-electron chi connectivity index (χ0n) is 7.60. The first-order chi connectivity index (χ1) is 7.64. The number of rotatable bonds is 3. The van der Waals surface area contributed by atoms with Gasteiger partial charge in [0, 0.05) is 10.7 Å². The van der Waals surface area contributed by atoms with Gasteiger partial charge in [0.1, 0.15) is 3.57 Å². The molecule has 0 aliphatic carbocycles. The highest BCUT2D eigenvalue weighted by atomic mass is 127. The second-order valence-corrected chi connectivity index (χ2v) is 6.33. The Bertz CT molecular complexity index is 580. The summed E-state index contributed by atoms with van der Waals surface area (Å²) >= 11 is 1.40. The molecule has 0 N–H and O–H groups in total. The van der Waals surface area contributed by atoms with Crippen LogP contribution in [0, 0.1) is 13.7 Å². The second-order valence-electron chi connectivity index (χ2n) is 2.68. The van der Waals surface area contributed by atoms with Crippen molar-refractivity contribution < 1.29 is 22.1 Å². The molecule has 1 aromatic heterocycles. The number of hydrogen-bond donors (Lipinski definition) is 0. The van der Waals surface area contributed by atoms with Crippen LogP contribution in [0.25, 0.3) is 0 Å². The molecule has 0 aliphatic heterocycles. The summed E-state index contributed by atoms with van der Waals surface area (Å²) in [5, 5.41) is 9.30. The van der Waals surface area contributed by atoms with Gasteiger partial charge < -0.3 is 10.1 Å². The van der Waals surface area contributed by atoms with Gasteiger partial charge in [-0.15, -0.1) is 0 Å². The van der Waals surface area contributed by atoms with E-state index in [0.717, 1.165) is 0 Å². The largest absolute Gasteiger partial charge is 0.378 e. The Hall–Kier alpha value is -0.620. The molecule has 0 bridgehead atoms. The highest BCUT2D eigenvalue weighted by molar-refractivity contribution is 14.1. The second kappa shape index (κ2) is 4.94. The van der Waals surface area contributed by atoms with E-state index in [2.05, 4.69) is 4.98 Å². The first-order valence-corrected chi connectivity index (χ1v) is 7.11.